The van der Waals surface area contributed by atoms with E-state index in [9.17, 15) is 9.90 Å². The van der Waals surface area contributed by atoms with Crippen LogP contribution >= 0.6 is 0 Å². The number of nitrogens with one attached hydrogen (secondary N) is 1. The van der Waals surface area contributed by atoms with Gasteiger partial charge in [-0.2, -0.15) is 0 Å². The van der Waals surface area contributed by atoms with Crippen molar-refractivity contribution in [1.29, 1.82) is 0 Å². The van der Waals surface area contributed by atoms with Crippen molar-refractivity contribution < 1.29 is 15.0 Å². The third-order valence-corrected chi connectivity index (χ3v) is 2.32. The summed E-state index contributed by atoms with van der Waals surface area (Å²) in [5, 5.41) is 21.3. The Bertz CT molecular complexity index is 208. The standard InChI is InChI=1S/C9H18N2O3/c1-6(12)5-11(2)9(14)8-3-7(13)4-10-8/h6-8,10,12-13H,3-5H2,1-2H3. The Hall–Kier alpha value is -0.650. The molecule has 1 heterocycles. The van der Waals surface area contributed by atoms with Gasteiger partial charge in [-0.1, -0.05) is 0 Å². The van der Waals surface area contributed by atoms with Gasteiger partial charge in [0.2, 0.25) is 5.91 Å². The fourth-order valence-corrected chi connectivity index (χ4v) is 1.66. The lowest BCUT2D eigenvalue weighted by Crippen LogP contribution is -2.43. The van der Waals surface area contributed by atoms with Crippen molar-refractivity contribution in [2.75, 3.05) is 20.1 Å². The van der Waals surface area contributed by atoms with Crippen molar-refractivity contribution in [2.24, 2.45) is 0 Å². The van der Waals surface area contributed by atoms with E-state index >= 15 is 0 Å². The van der Waals surface area contributed by atoms with Crippen LogP contribution in [0, 0.1) is 0 Å². The van der Waals surface area contributed by atoms with Crippen LogP contribution in [0.25, 0.3) is 0 Å². The molecule has 5 nitrogen and oxygen atoms in total. The summed E-state index contributed by atoms with van der Waals surface area (Å²) in [5.41, 5.74) is 0. The molecular formula is C9H18N2O3. The molecule has 3 N–H and O–H groups in total. The Morgan fingerprint density at radius 1 is 1.71 bits per heavy atom. The topological polar surface area (TPSA) is 72.8 Å². The highest BCUT2D eigenvalue weighted by Gasteiger charge is 2.30. The maximum absolute atomic E-state index is 11.7. The maximum atomic E-state index is 11.7. The first-order chi connectivity index (χ1) is 6.50. The van der Waals surface area contributed by atoms with Gasteiger partial charge in [0.15, 0.2) is 0 Å². The average Bonchev–Trinajstić information content (AvgIpc) is 2.49. The molecule has 1 aliphatic rings. The molecular weight excluding hydrogens is 184 g/mol. The van der Waals surface area contributed by atoms with Crippen LogP contribution in [0.15, 0.2) is 0 Å². The molecule has 82 valence electrons. The molecule has 1 aliphatic heterocycles. The number of amides is 1. The second-order valence-corrected chi connectivity index (χ2v) is 3.92. The quantitative estimate of drug-likeness (QED) is 0.523. The molecule has 14 heavy (non-hydrogen) atoms. The zero-order valence-electron chi connectivity index (χ0n) is 8.60. The summed E-state index contributed by atoms with van der Waals surface area (Å²) >= 11 is 0. The van der Waals surface area contributed by atoms with Crippen LogP contribution in [0.4, 0.5) is 0 Å². The highest BCUT2D eigenvalue weighted by atomic mass is 16.3. The van der Waals surface area contributed by atoms with E-state index in [-0.39, 0.29) is 11.9 Å². The van der Waals surface area contributed by atoms with E-state index in [2.05, 4.69) is 5.32 Å². The number of aliphatic hydroxyl groups excluding tert-OH is 2. The van der Waals surface area contributed by atoms with Gasteiger partial charge in [-0.15, -0.1) is 0 Å². The highest BCUT2D eigenvalue weighted by Crippen LogP contribution is 2.08. The largest absolute Gasteiger partial charge is 0.392 e. The Morgan fingerprint density at radius 2 is 2.36 bits per heavy atom. The maximum Gasteiger partial charge on any atom is 0.239 e. The predicted molar refractivity (Wildman–Crippen MR) is 51.7 cm³/mol. The molecule has 3 atom stereocenters. The third-order valence-electron chi connectivity index (χ3n) is 2.32. The van der Waals surface area contributed by atoms with Gasteiger partial charge >= 0.3 is 0 Å². The zero-order valence-corrected chi connectivity index (χ0v) is 8.60. The van der Waals surface area contributed by atoms with Crippen molar-refractivity contribution >= 4 is 5.91 Å². The molecule has 0 aliphatic carbocycles. The minimum absolute atomic E-state index is 0.0672. The van der Waals surface area contributed by atoms with Crippen LogP contribution in [0.2, 0.25) is 0 Å². The molecule has 5 heteroatoms. The van der Waals surface area contributed by atoms with Crippen molar-refractivity contribution in [1.82, 2.24) is 10.2 Å². The van der Waals surface area contributed by atoms with E-state index in [4.69, 9.17) is 5.11 Å². The number of rotatable bonds is 3. The minimum atomic E-state index is -0.518. The van der Waals surface area contributed by atoms with Gasteiger partial charge in [0.1, 0.15) is 0 Å². The first-order valence-electron chi connectivity index (χ1n) is 4.85. The number of carbonyl (C=O) groups is 1. The molecule has 0 bridgehead atoms. The molecule has 1 saturated heterocycles. The predicted octanol–water partition coefficient (Wildman–Crippen LogP) is -1.45. The first-order valence-corrected chi connectivity index (χ1v) is 4.85. The molecule has 0 aromatic rings. The number of β-amino-alcohol motifs (C(OH)–C–C–N with tert-alkyl or cyclic N) is 1. The Balaban J connectivity index is 2.40. The SMILES string of the molecule is CC(O)CN(C)C(=O)C1CC(O)CN1. The van der Waals surface area contributed by atoms with Gasteiger partial charge in [0, 0.05) is 20.1 Å². The van der Waals surface area contributed by atoms with E-state index in [0.717, 1.165) is 0 Å². The van der Waals surface area contributed by atoms with Crippen molar-refractivity contribution in [3.63, 3.8) is 0 Å². The number of carbonyl (C=O) groups excluding carboxylic acids is 1. The molecule has 3 unspecified atom stereocenters. The number of aliphatic hydroxyl groups is 2. The summed E-state index contributed by atoms with van der Waals surface area (Å²) in [7, 11) is 1.65. The summed E-state index contributed by atoms with van der Waals surface area (Å²) < 4.78 is 0. The normalized spacial score (nSPS) is 28.9. The van der Waals surface area contributed by atoms with Gasteiger partial charge in [0.25, 0.3) is 0 Å². The van der Waals surface area contributed by atoms with Crippen LogP contribution in [-0.2, 0) is 4.79 Å². The molecule has 1 fully saturated rings. The molecule has 0 saturated carbocycles. The van der Waals surface area contributed by atoms with Gasteiger partial charge in [0.05, 0.1) is 18.2 Å². The Morgan fingerprint density at radius 3 is 2.79 bits per heavy atom. The van der Waals surface area contributed by atoms with Gasteiger partial charge in [-0.25, -0.2) is 0 Å². The lowest BCUT2D eigenvalue weighted by molar-refractivity contribution is -0.133. The summed E-state index contributed by atoms with van der Waals surface area (Å²) in [6.45, 7) is 2.44. The number of likely N-dealkylation sites (N-methyl/N-ethyl adjacent to an activating group) is 1. The number of nitrogens with zero attached hydrogens (tertiary/aromatic N) is 1. The van der Waals surface area contributed by atoms with Crippen molar-refractivity contribution in [3.05, 3.63) is 0 Å². The second kappa shape index (κ2) is 4.72. The van der Waals surface area contributed by atoms with Crippen molar-refractivity contribution in [3.8, 4) is 0 Å². The zero-order chi connectivity index (χ0) is 10.7. The smallest absolute Gasteiger partial charge is 0.239 e. The van der Waals surface area contributed by atoms with Gasteiger partial charge in [-0.05, 0) is 13.3 Å². The van der Waals surface area contributed by atoms with E-state index in [1.807, 2.05) is 0 Å². The Labute approximate surface area is 83.7 Å². The molecule has 0 radical (unpaired) electrons. The van der Waals surface area contributed by atoms with E-state index < -0.39 is 12.2 Å². The average molecular weight is 202 g/mol. The second-order valence-electron chi connectivity index (χ2n) is 3.92. The summed E-state index contributed by atoms with van der Waals surface area (Å²) in [6, 6.07) is -0.297. The van der Waals surface area contributed by atoms with Crippen LogP contribution < -0.4 is 5.32 Å². The van der Waals surface area contributed by atoms with Gasteiger partial charge in [-0.3, -0.25) is 4.79 Å². The van der Waals surface area contributed by atoms with Crippen molar-refractivity contribution in [2.45, 2.75) is 31.6 Å². The molecule has 0 aromatic carbocycles. The van der Waals surface area contributed by atoms with Gasteiger partial charge < -0.3 is 20.4 Å². The monoisotopic (exact) mass is 202 g/mol. The molecule has 0 aromatic heterocycles. The number of hydrogen-bond donors (Lipinski definition) is 3. The summed E-state index contributed by atoms with van der Waals surface area (Å²) in [6.07, 6.45) is -0.484. The Kier molecular flexibility index (Phi) is 3.86. The summed E-state index contributed by atoms with van der Waals surface area (Å²) in [5.74, 6) is -0.0672. The summed E-state index contributed by atoms with van der Waals surface area (Å²) in [4.78, 5) is 13.2. The molecule has 1 amide bonds. The van der Waals surface area contributed by atoms with E-state index in [1.54, 1.807) is 14.0 Å². The van der Waals surface area contributed by atoms with E-state index in [0.29, 0.717) is 19.5 Å². The lowest BCUT2D eigenvalue weighted by Gasteiger charge is -2.22. The van der Waals surface area contributed by atoms with Crippen LogP contribution in [0.1, 0.15) is 13.3 Å². The molecule has 0 spiro atoms. The fourth-order valence-electron chi connectivity index (χ4n) is 1.66. The minimum Gasteiger partial charge on any atom is -0.392 e. The fraction of sp³-hybridized carbons (Fsp3) is 0.889. The lowest BCUT2D eigenvalue weighted by atomic mass is 10.2. The van der Waals surface area contributed by atoms with Crippen LogP contribution in [0.3, 0.4) is 0 Å². The van der Waals surface area contributed by atoms with Crippen LogP contribution in [-0.4, -0.2) is 59.4 Å². The third kappa shape index (κ3) is 2.94. The number of hydrogen-bond acceptors (Lipinski definition) is 4. The van der Waals surface area contributed by atoms with Crippen LogP contribution in [0.5, 0.6) is 0 Å². The molecule has 1 rings (SSSR count). The highest BCUT2D eigenvalue weighted by molar-refractivity contribution is 5.82. The van der Waals surface area contributed by atoms with E-state index in [1.165, 1.54) is 4.90 Å². The first kappa shape index (κ1) is 11.4.